The highest BCUT2D eigenvalue weighted by molar-refractivity contribution is 9.10. The minimum absolute atomic E-state index is 0.284. The molecule has 1 aromatic heterocycles. The average Bonchev–Trinajstić information content (AvgIpc) is 2.60. The third-order valence-corrected chi connectivity index (χ3v) is 5.00. The number of pyridine rings is 1. The van der Waals surface area contributed by atoms with Gasteiger partial charge in [0, 0.05) is 28.0 Å². The molecule has 1 atom stereocenters. The summed E-state index contributed by atoms with van der Waals surface area (Å²) < 4.78 is 11.2. The van der Waals surface area contributed by atoms with Gasteiger partial charge in [0.2, 0.25) is 0 Å². The van der Waals surface area contributed by atoms with Crippen molar-refractivity contribution in [2.75, 3.05) is 25.1 Å². The number of aromatic nitrogens is 1. The molecule has 0 spiro atoms. The van der Waals surface area contributed by atoms with Gasteiger partial charge in [0.15, 0.2) is 0 Å². The van der Waals surface area contributed by atoms with Gasteiger partial charge in [0.1, 0.15) is 17.7 Å². The Balaban J connectivity index is 2.07. The first-order chi connectivity index (χ1) is 12.4. The Morgan fingerprint density at radius 2 is 2.08 bits per heavy atom. The van der Waals surface area contributed by atoms with Crippen LogP contribution in [-0.4, -0.2) is 43.3 Å². The molecule has 9 heteroatoms. The summed E-state index contributed by atoms with van der Waals surface area (Å²) in [6, 6.07) is 3.44. The van der Waals surface area contributed by atoms with E-state index in [0.717, 1.165) is 40.4 Å². The second-order valence-corrected chi connectivity index (χ2v) is 6.89. The summed E-state index contributed by atoms with van der Waals surface area (Å²) in [7, 11) is 1.48. The third-order valence-electron chi connectivity index (χ3n) is 4.36. The molecule has 0 unspecified atom stereocenters. The first kappa shape index (κ1) is 18.2. The molecule has 1 aromatic carbocycles. The number of anilines is 1. The Morgan fingerprint density at radius 1 is 1.31 bits per heavy atom. The molecular formula is C17H19BrN4O4. The largest absolute Gasteiger partial charge is 0.496 e. The molecule has 26 heavy (non-hydrogen) atoms. The van der Waals surface area contributed by atoms with Crippen LogP contribution in [0, 0.1) is 0 Å². The van der Waals surface area contributed by atoms with Crippen molar-refractivity contribution >= 4 is 44.5 Å². The van der Waals surface area contributed by atoms with Gasteiger partial charge in [0.25, 0.3) is 5.91 Å². The molecule has 0 radical (unpaired) electrons. The number of amides is 2. The highest BCUT2D eigenvalue weighted by Crippen LogP contribution is 2.36. The molecule has 1 aliphatic heterocycles. The predicted molar refractivity (Wildman–Crippen MR) is 100 cm³/mol. The summed E-state index contributed by atoms with van der Waals surface area (Å²) in [5.41, 5.74) is 10.9. The first-order valence-corrected chi connectivity index (χ1v) is 8.87. The molecule has 2 aromatic rings. The van der Waals surface area contributed by atoms with Crippen molar-refractivity contribution < 1.29 is 19.1 Å². The Hall–Kier alpha value is -2.55. The summed E-state index contributed by atoms with van der Waals surface area (Å²) in [6.07, 6.45) is 2.20. The molecule has 0 saturated carbocycles. The van der Waals surface area contributed by atoms with Crippen LogP contribution < -0.4 is 21.1 Å². The van der Waals surface area contributed by atoms with Gasteiger partial charge in [-0.2, -0.15) is 0 Å². The zero-order valence-electron chi connectivity index (χ0n) is 14.2. The number of primary amides is 2. The van der Waals surface area contributed by atoms with Gasteiger partial charge in [0.05, 0.1) is 19.2 Å². The molecule has 1 fully saturated rings. The lowest BCUT2D eigenvalue weighted by Gasteiger charge is -2.33. The number of carbonyl (C=O) groups is 2. The Labute approximate surface area is 158 Å². The number of benzene rings is 1. The fourth-order valence-corrected chi connectivity index (χ4v) is 3.65. The summed E-state index contributed by atoms with van der Waals surface area (Å²) >= 11 is 3.47. The Bertz CT molecular complexity index is 873. The van der Waals surface area contributed by atoms with E-state index in [2.05, 4.69) is 20.9 Å². The number of piperidine rings is 1. The number of rotatable bonds is 4. The number of nitrogens with two attached hydrogens (primary N) is 2. The van der Waals surface area contributed by atoms with Gasteiger partial charge in [-0.15, -0.1) is 0 Å². The molecule has 0 aliphatic carbocycles. The summed E-state index contributed by atoms with van der Waals surface area (Å²) in [6.45, 7) is 1.26. The van der Waals surface area contributed by atoms with Crippen LogP contribution in [0.25, 0.3) is 10.8 Å². The normalized spacial score (nSPS) is 17.2. The molecular weight excluding hydrogens is 404 g/mol. The molecule has 0 bridgehead atoms. The van der Waals surface area contributed by atoms with E-state index in [4.69, 9.17) is 20.9 Å². The molecule has 2 heterocycles. The lowest BCUT2D eigenvalue weighted by Crippen LogP contribution is -2.41. The minimum atomic E-state index is -0.779. The standard InChI is InChI=1S/C17H19BrN4O4/c1-25-14-6-11-10(5-12(14)15(19)23)13(18)7-21-16(11)22-4-2-3-9(8-22)26-17(20)24/h5-7,9H,2-4,8H2,1H3,(H2,19,23)(H2,20,24)/t9-/m0/s1. The van der Waals surface area contributed by atoms with Crippen molar-refractivity contribution in [1.82, 2.24) is 4.98 Å². The predicted octanol–water partition coefficient (Wildman–Crippen LogP) is 2.17. The molecule has 138 valence electrons. The van der Waals surface area contributed by atoms with E-state index in [1.54, 1.807) is 18.3 Å². The summed E-state index contributed by atoms with van der Waals surface area (Å²) in [5.74, 6) is 0.533. The monoisotopic (exact) mass is 422 g/mol. The molecule has 2 amide bonds. The number of hydrogen-bond donors (Lipinski definition) is 2. The van der Waals surface area contributed by atoms with Gasteiger partial charge in [-0.3, -0.25) is 4.79 Å². The van der Waals surface area contributed by atoms with Crippen molar-refractivity contribution in [3.8, 4) is 5.75 Å². The van der Waals surface area contributed by atoms with Gasteiger partial charge < -0.3 is 25.8 Å². The maximum atomic E-state index is 11.7. The van der Waals surface area contributed by atoms with E-state index < -0.39 is 12.0 Å². The van der Waals surface area contributed by atoms with Crippen LogP contribution in [-0.2, 0) is 4.74 Å². The number of ether oxygens (including phenoxy) is 2. The summed E-state index contributed by atoms with van der Waals surface area (Å²) in [5, 5.41) is 1.60. The van der Waals surface area contributed by atoms with E-state index in [9.17, 15) is 9.59 Å². The van der Waals surface area contributed by atoms with Crippen LogP contribution in [0.4, 0.5) is 10.6 Å². The fourth-order valence-electron chi connectivity index (χ4n) is 3.22. The van der Waals surface area contributed by atoms with Gasteiger partial charge in [-0.25, -0.2) is 9.78 Å². The van der Waals surface area contributed by atoms with Gasteiger partial charge in [-0.05, 0) is 40.9 Å². The first-order valence-electron chi connectivity index (χ1n) is 8.07. The number of carbonyl (C=O) groups excluding carboxylic acids is 2. The number of halogens is 1. The molecule has 8 nitrogen and oxygen atoms in total. The van der Waals surface area contributed by atoms with Crippen molar-refractivity contribution in [3.63, 3.8) is 0 Å². The Kier molecular flexibility index (Phi) is 5.17. The maximum absolute atomic E-state index is 11.7. The van der Waals surface area contributed by atoms with Crippen LogP contribution in [0.2, 0.25) is 0 Å². The molecule has 1 saturated heterocycles. The topological polar surface area (TPSA) is 121 Å². The smallest absolute Gasteiger partial charge is 0.404 e. The maximum Gasteiger partial charge on any atom is 0.404 e. The highest BCUT2D eigenvalue weighted by Gasteiger charge is 2.25. The van der Waals surface area contributed by atoms with E-state index in [1.807, 2.05) is 4.90 Å². The van der Waals surface area contributed by atoms with E-state index in [-0.39, 0.29) is 6.10 Å². The molecule has 3 rings (SSSR count). The number of hydrogen-bond acceptors (Lipinski definition) is 6. The van der Waals surface area contributed by atoms with Crippen molar-refractivity contribution in [1.29, 1.82) is 0 Å². The lowest BCUT2D eigenvalue weighted by molar-refractivity contribution is 0.0963. The SMILES string of the molecule is COc1cc2c(N3CCC[C@H](OC(N)=O)C3)ncc(Br)c2cc1C(N)=O. The second kappa shape index (κ2) is 7.36. The van der Waals surface area contributed by atoms with Crippen LogP contribution >= 0.6 is 15.9 Å². The van der Waals surface area contributed by atoms with Gasteiger partial charge >= 0.3 is 6.09 Å². The van der Waals surface area contributed by atoms with Crippen LogP contribution in [0.5, 0.6) is 5.75 Å². The quantitative estimate of drug-likeness (QED) is 0.778. The minimum Gasteiger partial charge on any atom is -0.496 e. The molecule has 1 aliphatic rings. The van der Waals surface area contributed by atoms with Crippen LogP contribution in [0.1, 0.15) is 23.2 Å². The Morgan fingerprint density at radius 3 is 2.73 bits per heavy atom. The zero-order valence-corrected chi connectivity index (χ0v) is 15.8. The van der Waals surface area contributed by atoms with E-state index >= 15 is 0 Å². The second-order valence-electron chi connectivity index (χ2n) is 6.04. The van der Waals surface area contributed by atoms with E-state index in [0.29, 0.717) is 17.9 Å². The van der Waals surface area contributed by atoms with Crippen LogP contribution in [0.15, 0.2) is 22.8 Å². The fraction of sp³-hybridized carbons (Fsp3) is 0.353. The van der Waals surface area contributed by atoms with Crippen molar-refractivity contribution in [2.24, 2.45) is 11.5 Å². The number of fused-ring (bicyclic) bond motifs is 1. The van der Waals surface area contributed by atoms with Crippen molar-refractivity contribution in [2.45, 2.75) is 18.9 Å². The highest BCUT2D eigenvalue weighted by atomic mass is 79.9. The third kappa shape index (κ3) is 3.52. The molecule has 4 N–H and O–H groups in total. The number of nitrogens with zero attached hydrogens (tertiary/aromatic N) is 2. The summed E-state index contributed by atoms with van der Waals surface area (Å²) in [4.78, 5) is 29.3. The zero-order chi connectivity index (χ0) is 18.8. The van der Waals surface area contributed by atoms with Crippen molar-refractivity contribution in [3.05, 3.63) is 28.4 Å². The number of methoxy groups -OCH3 is 1. The average molecular weight is 423 g/mol. The van der Waals surface area contributed by atoms with E-state index in [1.165, 1.54) is 7.11 Å². The van der Waals surface area contributed by atoms with Gasteiger partial charge in [-0.1, -0.05) is 0 Å². The van der Waals surface area contributed by atoms with Crippen LogP contribution in [0.3, 0.4) is 0 Å². The lowest BCUT2D eigenvalue weighted by atomic mass is 10.0.